The number of hydrogen-bond donors (Lipinski definition) is 1. The van der Waals surface area contributed by atoms with Crippen LogP contribution in [0.1, 0.15) is 26.4 Å². The molecule has 0 radical (unpaired) electrons. The molecule has 0 unspecified atom stereocenters. The fourth-order valence-corrected chi connectivity index (χ4v) is 3.44. The number of hydrogen-bond acceptors (Lipinski definition) is 2. The van der Waals surface area contributed by atoms with Crippen LogP contribution in [0.25, 0.3) is 0 Å². The Balaban J connectivity index is 2.31. The SMILES string of the molecule is Cc1cc(C)c(NC(=O)c2sccc2C)c(Br)c1. The Hall–Kier alpha value is -1.13. The van der Waals surface area contributed by atoms with Crippen LogP contribution in [0.4, 0.5) is 5.69 Å². The molecule has 1 amide bonds. The lowest BCUT2D eigenvalue weighted by molar-refractivity contribution is 0.103. The van der Waals surface area contributed by atoms with Gasteiger partial charge in [0.25, 0.3) is 5.91 Å². The molecule has 1 aromatic heterocycles. The standard InChI is InChI=1S/C14H14BrNOS/c1-8-6-10(3)12(11(15)7-8)16-14(17)13-9(2)4-5-18-13/h4-7H,1-3H3,(H,16,17). The summed E-state index contributed by atoms with van der Waals surface area (Å²) in [6, 6.07) is 6.02. The van der Waals surface area contributed by atoms with Gasteiger partial charge in [-0.2, -0.15) is 0 Å². The molecule has 0 bridgehead atoms. The maximum atomic E-state index is 12.2. The van der Waals surface area contributed by atoms with Gasteiger partial charge in [-0.05, 0) is 70.9 Å². The van der Waals surface area contributed by atoms with Crippen LogP contribution in [-0.2, 0) is 0 Å². The fraction of sp³-hybridized carbons (Fsp3) is 0.214. The van der Waals surface area contributed by atoms with Gasteiger partial charge in [0, 0.05) is 4.47 Å². The number of amides is 1. The lowest BCUT2D eigenvalue weighted by Crippen LogP contribution is -2.12. The van der Waals surface area contributed by atoms with Gasteiger partial charge in [0.05, 0.1) is 10.6 Å². The molecule has 94 valence electrons. The molecule has 4 heteroatoms. The fourth-order valence-electron chi connectivity index (χ4n) is 1.85. The largest absolute Gasteiger partial charge is 0.320 e. The molecule has 1 heterocycles. The highest BCUT2D eigenvalue weighted by Crippen LogP contribution is 2.29. The van der Waals surface area contributed by atoms with Crippen molar-refractivity contribution in [3.05, 3.63) is 49.6 Å². The van der Waals surface area contributed by atoms with Crippen molar-refractivity contribution in [2.75, 3.05) is 5.32 Å². The van der Waals surface area contributed by atoms with Crippen molar-refractivity contribution >= 4 is 38.9 Å². The van der Waals surface area contributed by atoms with Crippen molar-refractivity contribution in [2.45, 2.75) is 20.8 Å². The second-order valence-electron chi connectivity index (χ2n) is 4.33. The zero-order valence-corrected chi connectivity index (χ0v) is 12.9. The highest BCUT2D eigenvalue weighted by Gasteiger charge is 2.13. The number of thiophene rings is 1. The van der Waals surface area contributed by atoms with Gasteiger partial charge < -0.3 is 5.32 Å². The molecule has 0 atom stereocenters. The molecule has 0 fully saturated rings. The van der Waals surface area contributed by atoms with Gasteiger partial charge in [-0.3, -0.25) is 4.79 Å². The predicted molar refractivity (Wildman–Crippen MR) is 80.6 cm³/mol. The molecule has 18 heavy (non-hydrogen) atoms. The number of anilines is 1. The molecular formula is C14H14BrNOS. The first-order valence-corrected chi connectivity index (χ1v) is 7.28. The molecule has 1 aromatic carbocycles. The van der Waals surface area contributed by atoms with Gasteiger partial charge in [0.15, 0.2) is 0 Å². The molecule has 2 aromatic rings. The van der Waals surface area contributed by atoms with Crippen LogP contribution in [0.15, 0.2) is 28.1 Å². The van der Waals surface area contributed by atoms with Gasteiger partial charge >= 0.3 is 0 Å². The second kappa shape index (κ2) is 5.24. The van der Waals surface area contributed by atoms with E-state index < -0.39 is 0 Å². The maximum Gasteiger partial charge on any atom is 0.266 e. The van der Waals surface area contributed by atoms with Crippen molar-refractivity contribution in [3.63, 3.8) is 0 Å². The molecule has 1 N–H and O–H groups in total. The van der Waals surface area contributed by atoms with Gasteiger partial charge in [-0.1, -0.05) is 6.07 Å². The Bertz CT molecular complexity index is 581. The first-order valence-electron chi connectivity index (χ1n) is 5.61. The van der Waals surface area contributed by atoms with Crippen molar-refractivity contribution < 1.29 is 4.79 Å². The Morgan fingerprint density at radius 3 is 2.50 bits per heavy atom. The van der Waals surface area contributed by atoms with E-state index in [1.165, 1.54) is 16.9 Å². The molecule has 0 aliphatic heterocycles. The van der Waals surface area contributed by atoms with Crippen LogP contribution in [0, 0.1) is 20.8 Å². The summed E-state index contributed by atoms with van der Waals surface area (Å²) in [6.07, 6.45) is 0. The Kier molecular flexibility index (Phi) is 3.88. The van der Waals surface area contributed by atoms with Gasteiger partial charge in [0.2, 0.25) is 0 Å². The van der Waals surface area contributed by atoms with E-state index in [4.69, 9.17) is 0 Å². The Morgan fingerprint density at radius 1 is 1.22 bits per heavy atom. The van der Waals surface area contributed by atoms with E-state index in [1.807, 2.05) is 38.3 Å². The third kappa shape index (κ3) is 2.65. The summed E-state index contributed by atoms with van der Waals surface area (Å²) in [4.78, 5) is 12.9. The lowest BCUT2D eigenvalue weighted by atomic mass is 10.1. The highest BCUT2D eigenvalue weighted by atomic mass is 79.9. The van der Waals surface area contributed by atoms with Crippen LogP contribution in [0.3, 0.4) is 0 Å². The summed E-state index contributed by atoms with van der Waals surface area (Å²) in [5.41, 5.74) is 4.09. The first-order chi connectivity index (χ1) is 8.49. The molecular weight excluding hydrogens is 310 g/mol. The van der Waals surface area contributed by atoms with E-state index in [-0.39, 0.29) is 5.91 Å². The minimum atomic E-state index is -0.0462. The summed E-state index contributed by atoms with van der Waals surface area (Å²) in [6.45, 7) is 5.98. The minimum Gasteiger partial charge on any atom is -0.320 e. The van der Waals surface area contributed by atoms with Gasteiger partial charge in [-0.15, -0.1) is 11.3 Å². The zero-order valence-electron chi connectivity index (χ0n) is 10.5. The summed E-state index contributed by atoms with van der Waals surface area (Å²) in [7, 11) is 0. The molecule has 0 saturated carbocycles. The van der Waals surface area contributed by atoms with Gasteiger partial charge in [-0.25, -0.2) is 0 Å². The zero-order chi connectivity index (χ0) is 13.3. The third-order valence-corrected chi connectivity index (χ3v) is 4.38. The summed E-state index contributed by atoms with van der Waals surface area (Å²) < 4.78 is 0.919. The number of rotatable bonds is 2. The predicted octanol–water partition coefficient (Wildman–Crippen LogP) is 4.69. The highest BCUT2D eigenvalue weighted by molar-refractivity contribution is 9.10. The Morgan fingerprint density at radius 2 is 1.94 bits per heavy atom. The normalized spacial score (nSPS) is 10.4. The molecule has 0 spiro atoms. The molecule has 2 rings (SSSR count). The van der Waals surface area contributed by atoms with Crippen LogP contribution < -0.4 is 5.32 Å². The molecule has 0 aliphatic rings. The van der Waals surface area contributed by atoms with E-state index in [1.54, 1.807) is 0 Å². The third-order valence-electron chi connectivity index (χ3n) is 2.74. The van der Waals surface area contributed by atoms with Crippen molar-refractivity contribution in [3.8, 4) is 0 Å². The van der Waals surface area contributed by atoms with Crippen LogP contribution >= 0.6 is 27.3 Å². The van der Waals surface area contributed by atoms with Crippen molar-refractivity contribution in [2.24, 2.45) is 0 Å². The number of carbonyl (C=O) groups is 1. The smallest absolute Gasteiger partial charge is 0.266 e. The average Bonchev–Trinajstić information content (AvgIpc) is 2.69. The number of nitrogens with one attached hydrogen (secondary N) is 1. The molecule has 0 saturated heterocycles. The van der Waals surface area contributed by atoms with E-state index >= 15 is 0 Å². The molecule has 0 aliphatic carbocycles. The monoisotopic (exact) mass is 323 g/mol. The topological polar surface area (TPSA) is 29.1 Å². The first kappa shape index (κ1) is 13.3. The Labute approximate surface area is 119 Å². The lowest BCUT2D eigenvalue weighted by Gasteiger charge is -2.11. The van der Waals surface area contributed by atoms with Crippen LogP contribution in [0.5, 0.6) is 0 Å². The van der Waals surface area contributed by atoms with Crippen LogP contribution in [0.2, 0.25) is 0 Å². The van der Waals surface area contributed by atoms with E-state index in [2.05, 4.69) is 27.3 Å². The minimum absolute atomic E-state index is 0.0462. The van der Waals surface area contributed by atoms with Crippen molar-refractivity contribution in [1.82, 2.24) is 0 Å². The van der Waals surface area contributed by atoms with E-state index in [0.29, 0.717) is 0 Å². The van der Waals surface area contributed by atoms with Gasteiger partial charge in [0.1, 0.15) is 0 Å². The number of halogens is 1. The number of benzene rings is 1. The van der Waals surface area contributed by atoms with E-state index in [0.717, 1.165) is 26.2 Å². The molecule has 2 nitrogen and oxygen atoms in total. The summed E-state index contributed by atoms with van der Waals surface area (Å²) in [5.74, 6) is -0.0462. The van der Waals surface area contributed by atoms with Crippen molar-refractivity contribution in [1.29, 1.82) is 0 Å². The summed E-state index contributed by atoms with van der Waals surface area (Å²) >= 11 is 4.96. The summed E-state index contributed by atoms with van der Waals surface area (Å²) in [5, 5.41) is 4.91. The average molecular weight is 324 g/mol. The number of aryl methyl sites for hydroxylation is 3. The van der Waals surface area contributed by atoms with E-state index in [9.17, 15) is 4.79 Å². The number of carbonyl (C=O) groups excluding carboxylic acids is 1. The maximum absolute atomic E-state index is 12.2. The quantitative estimate of drug-likeness (QED) is 0.853. The second-order valence-corrected chi connectivity index (χ2v) is 6.10. The van der Waals surface area contributed by atoms with Crippen LogP contribution in [-0.4, -0.2) is 5.91 Å².